The number of para-hydroxylation sites is 1. The third-order valence-corrected chi connectivity index (χ3v) is 4.02. The standard InChI is InChI=1S/C20H13N3O4/c24-19(13-6-2-1-3-7-13)21-16-9-5-4-8-15(16)20-22-17-11-10-14(23(25)26)12-18(17)27-20/h1-12H,(H,21,24). The summed E-state index contributed by atoms with van der Waals surface area (Å²) in [4.78, 5) is 27.3. The second kappa shape index (κ2) is 6.72. The lowest BCUT2D eigenvalue weighted by atomic mass is 10.1. The monoisotopic (exact) mass is 359 g/mol. The molecule has 0 bridgehead atoms. The average Bonchev–Trinajstić information content (AvgIpc) is 3.12. The molecule has 0 saturated carbocycles. The number of hydrogen-bond acceptors (Lipinski definition) is 5. The lowest BCUT2D eigenvalue weighted by molar-refractivity contribution is -0.384. The smallest absolute Gasteiger partial charge is 0.273 e. The van der Waals surface area contributed by atoms with Crippen LogP contribution in [0.4, 0.5) is 11.4 Å². The van der Waals surface area contributed by atoms with Crippen molar-refractivity contribution in [2.24, 2.45) is 0 Å². The largest absolute Gasteiger partial charge is 0.436 e. The highest BCUT2D eigenvalue weighted by Gasteiger charge is 2.16. The molecule has 0 aliphatic heterocycles. The van der Waals surface area contributed by atoms with Crippen LogP contribution in [-0.4, -0.2) is 15.8 Å². The van der Waals surface area contributed by atoms with Gasteiger partial charge in [-0.25, -0.2) is 4.98 Å². The number of hydrogen-bond donors (Lipinski definition) is 1. The number of fused-ring (bicyclic) bond motifs is 1. The second-order valence-corrected chi connectivity index (χ2v) is 5.79. The van der Waals surface area contributed by atoms with Crippen LogP contribution in [0.3, 0.4) is 0 Å². The zero-order valence-corrected chi connectivity index (χ0v) is 14.0. The third-order valence-electron chi connectivity index (χ3n) is 4.02. The van der Waals surface area contributed by atoms with E-state index >= 15 is 0 Å². The van der Waals surface area contributed by atoms with E-state index in [0.29, 0.717) is 27.9 Å². The minimum atomic E-state index is -0.490. The summed E-state index contributed by atoms with van der Waals surface area (Å²) in [5.74, 6) is 0.0178. The highest BCUT2D eigenvalue weighted by Crippen LogP contribution is 2.31. The Bertz CT molecular complexity index is 1150. The Labute approximate surface area is 153 Å². The molecule has 1 aromatic heterocycles. The number of benzene rings is 3. The molecule has 1 amide bonds. The summed E-state index contributed by atoms with van der Waals surface area (Å²) in [5, 5.41) is 13.8. The number of carbonyl (C=O) groups is 1. The van der Waals surface area contributed by atoms with Gasteiger partial charge in [0.05, 0.1) is 22.2 Å². The van der Waals surface area contributed by atoms with Gasteiger partial charge < -0.3 is 9.73 Å². The quantitative estimate of drug-likeness (QED) is 0.422. The molecule has 7 heteroatoms. The number of rotatable bonds is 4. The van der Waals surface area contributed by atoms with Crippen LogP contribution in [0.25, 0.3) is 22.6 Å². The number of anilines is 1. The maximum Gasteiger partial charge on any atom is 0.273 e. The Morgan fingerprint density at radius 3 is 2.52 bits per heavy atom. The SMILES string of the molecule is O=C(Nc1ccccc1-c1nc2ccc([N+](=O)[O-])cc2o1)c1ccccc1. The summed E-state index contributed by atoms with van der Waals surface area (Å²) in [6.45, 7) is 0. The highest BCUT2D eigenvalue weighted by molar-refractivity contribution is 6.06. The van der Waals surface area contributed by atoms with Crippen molar-refractivity contribution < 1.29 is 14.1 Å². The molecule has 0 unspecified atom stereocenters. The molecular weight excluding hydrogens is 346 g/mol. The zero-order valence-electron chi connectivity index (χ0n) is 14.0. The first kappa shape index (κ1) is 16.5. The predicted molar refractivity (Wildman–Crippen MR) is 100 cm³/mol. The fourth-order valence-corrected chi connectivity index (χ4v) is 2.70. The Morgan fingerprint density at radius 1 is 1.00 bits per heavy atom. The van der Waals surface area contributed by atoms with E-state index < -0.39 is 4.92 Å². The zero-order chi connectivity index (χ0) is 18.8. The van der Waals surface area contributed by atoms with Crippen molar-refractivity contribution in [3.05, 3.63) is 88.5 Å². The van der Waals surface area contributed by atoms with Crippen LogP contribution in [0.1, 0.15) is 10.4 Å². The molecule has 132 valence electrons. The van der Waals surface area contributed by atoms with Gasteiger partial charge in [-0.2, -0.15) is 0 Å². The number of amides is 1. The molecule has 0 fully saturated rings. The Morgan fingerprint density at radius 2 is 1.74 bits per heavy atom. The lowest BCUT2D eigenvalue weighted by Crippen LogP contribution is -2.12. The normalized spacial score (nSPS) is 10.7. The van der Waals surface area contributed by atoms with E-state index in [4.69, 9.17) is 4.42 Å². The minimum Gasteiger partial charge on any atom is -0.436 e. The van der Waals surface area contributed by atoms with Crippen LogP contribution in [0, 0.1) is 10.1 Å². The molecule has 0 atom stereocenters. The van der Waals surface area contributed by atoms with Crippen LogP contribution in [-0.2, 0) is 0 Å². The molecule has 0 radical (unpaired) electrons. The Kier molecular flexibility index (Phi) is 4.10. The van der Waals surface area contributed by atoms with Gasteiger partial charge in [0, 0.05) is 11.6 Å². The fourth-order valence-electron chi connectivity index (χ4n) is 2.70. The minimum absolute atomic E-state index is 0.0733. The maximum atomic E-state index is 12.5. The van der Waals surface area contributed by atoms with Crippen LogP contribution in [0.15, 0.2) is 77.2 Å². The first-order valence-electron chi connectivity index (χ1n) is 8.12. The van der Waals surface area contributed by atoms with Crippen LogP contribution in [0.5, 0.6) is 0 Å². The number of non-ortho nitro benzene ring substituents is 1. The van der Waals surface area contributed by atoms with Gasteiger partial charge in [-0.15, -0.1) is 0 Å². The average molecular weight is 359 g/mol. The van der Waals surface area contributed by atoms with Crippen molar-refractivity contribution in [3.8, 4) is 11.5 Å². The summed E-state index contributed by atoms with van der Waals surface area (Å²) in [5.41, 5.74) is 2.38. The highest BCUT2D eigenvalue weighted by atomic mass is 16.6. The number of carbonyl (C=O) groups excluding carboxylic acids is 1. The van der Waals surface area contributed by atoms with Crippen molar-refractivity contribution in [2.45, 2.75) is 0 Å². The van der Waals surface area contributed by atoms with Gasteiger partial charge in [0.15, 0.2) is 5.58 Å². The van der Waals surface area contributed by atoms with E-state index in [9.17, 15) is 14.9 Å². The van der Waals surface area contributed by atoms with Crippen LogP contribution < -0.4 is 5.32 Å². The number of oxazole rings is 1. The number of nitro benzene ring substituents is 1. The summed E-state index contributed by atoms with van der Waals surface area (Å²) in [6.07, 6.45) is 0. The maximum absolute atomic E-state index is 12.5. The summed E-state index contributed by atoms with van der Waals surface area (Å²) >= 11 is 0. The molecule has 4 aromatic rings. The number of nitro groups is 1. The van der Waals surface area contributed by atoms with Gasteiger partial charge in [-0.05, 0) is 30.3 Å². The fraction of sp³-hybridized carbons (Fsp3) is 0. The van der Waals surface area contributed by atoms with Gasteiger partial charge in [0.1, 0.15) is 5.52 Å². The van der Waals surface area contributed by atoms with Gasteiger partial charge in [0.2, 0.25) is 5.89 Å². The van der Waals surface area contributed by atoms with E-state index in [2.05, 4.69) is 10.3 Å². The molecule has 1 heterocycles. The van der Waals surface area contributed by atoms with Crippen molar-refractivity contribution >= 4 is 28.4 Å². The van der Waals surface area contributed by atoms with E-state index in [1.165, 1.54) is 18.2 Å². The van der Waals surface area contributed by atoms with Crippen molar-refractivity contribution in [1.82, 2.24) is 4.98 Å². The topological polar surface area (TPSA) is 98.3 Å². The van der Waals surface area contributed by atoms with E-state index in [0.717, 1.165) is 0 Å². The Balaban J connectivity index is 1.71. The molecular formula is C20H13N3O4. The molecule has 1 N–H and O–H groups in total. The first-order valence-corrected chi connectivity index (χ1v) is 8.12. The predicted octanol–water partition coefficient (Wildman–Crippen LogP) is 4.66. The van der Waals surface area contributed by atoms with Crippen molar-refractivity contribution in [2.75, 3.05) is 5.32 Å². The van der Waals surface area contributed by atoms with Gasteiger partial charge in [-0.3, -0.25) is 14.9 Å². The molecule has 7 nitrogen and oxygen atoms in total. The van der Waals surface area contributed by atoms with E-state index in [1.807, 2.05) is 6.07 Å². The third kappa shape index (κ3) is 3.25. The van der Waals surface area contributed by atoms with E-state index in [1.54, 1.807) is 48.5 Å². The first-order chi connectivity index (χ1) is 13.1. The summed E-state index contributed by atoms with van der Waals surface area (Å²) in [6, 6.07) is 20.2. The van der Waals surface area contributed by atoms with Crippen molar-refractivity contribution in [1.29, 1.82) is 0 Å². The van der Waals surface area contributed by atoms with Crippen molar-refractivity contribution in [3.63, 3.8) is 0 Å². The number of nitrogens with one attached hydrogen (secondary N) is 1. The van der Waals surface area contributed by atoms with Gasteiger partial charge >= 0.3 is 0 Å². The Hall–Kier alpha value is -4.00. The van der Waals surface area contributed by atoms with Gasteiger partial charge in [-0.1, -0.05) is 30.3 Å². The van der Waals surface area contributed by atoms with E-state index in [-0.39, 0.29) is 17.5 Å². The lowest BCUT2D eigenvalue weighted by Gasteiger charge is -2.08. The summed E-state index contributed by atoms with van der Waals surface area (Å²) in [7, 11) is 0. The molecule has 3 aromatic carbocycles. The molecule has 0 saturated heterocycles. The van der Waals surface area contributed by atoms with Crippen LogP contribution in [0.2, 0.25) is 0 Å². The molecule has 0 aliphatic carbocycles. The second-order valence-electron chi connectivity index (χ2n) is 5.79. The molecule has 0 spiro atoms. The number of nitrogens with zero attached hydrogens (tertiary/aromatic N) is 2. The molecule has 4 rings (SSSR count). The summed E-state index contributed by atoms with van der Waals surface area (Å²) < 4.78 is 5.71. The number of aromatic nitrogens is 1. The molecule has 27 heavy (non-hydrogen) atoms. The molecule has 0 aliphatic rings. The van der Waals surface area contributed by atoms with Crippen LogP contribution >= 0.6 is 0 Å². The van der Waals surface area contributed by atoms with Gasteiger partial charge in [0.25, 0.3) is 11.6 Å².